The predicted molar refractivity (Wildman–Crippen MR) is 141 cm³/mol. The van der Waals surface area contributed by atoms with Crippen molar-refractivity contribution in [3.05, 3.63) is 95.3 Å². The van der Waals surface area contributed by atoms with Gasteiger partial charge in [0.25, 0.3) is 0 Å². The summed E-state index contributed by atoms with van der Waals surface area (Å²) in [7, 11) is 6.26. The van der Waals surface area contributed by atoms with Gasteiger partial charge in [0.05, 0.1) is 34.1 Å². The van der Waals surface area contributed by atoms with Crippen molar-refractivity contribution in [2.75, 3.05) is 33.8 Å². The van der Waals surface area contributed by atoms with Crippen molar-refractivity contribution >= 4 is 17.5 Å². The smallest absolute Gasteiger partial charge is 0.497 e. The zero-order valence-corrected chi connectivity index (χ0v) is 22.2. The van der Waals surface area contributed by atoms with E-state index < -0.39 is 23.3 Å². The van der Waals surface area contributed by atoms with E-state index in [0.29, 0.717) is 35.1 Å². The Balaban J connectivity index is 1.73. The van der Waals surface area contributed by atoms with E-state index in [1.807, 2.05) is 37.3 Å². The lowest BCUT2D eigenvalue weighted by molar-refractivity contribution is -0.274. The van der Waals surface area contributed by atoms with E-state index >= 15 is 0 Å². The number of methoxy groups -OCH3 is 4. The summed E-state index contributed by atoms with van der Waals surface area (Å²) in [5.41, 5.74) is 1.28. The molecule has 1 N–H and O–H groups in total. The Labute approximate surface area is 225 Å². The Morgan fingerprint density at radius 3 is 2.28 bits per heavy atom. The molecule has 1 aliphatic carbocycles. The first-order valence-electron chi connectivity index (χ1n) is 11.8. The molecular formula is C29H30F3NO6. The molecule has 0 aliphatic heterocycles. The van der Waals surface area contributed by atoms with Crippen molar-refractivity contribution in [1.29, 1.82) is 0 Å². The van der Waals surface area contributed by atoms with Crippen LogP contribution >= 0.6 is 0 Å². The van der Waals surface area contributed by atoms with E-state index in [2.05, 4.69) is 10.1 Å². The minimum Gasteiger partial charge on any atom is -0.497 e. The molecular weight excluding hydrogens is 515 g/mol. The maximum Gasteiger partial charge on any atom is 0.573 e. The molecule has 2 aromatic carbocycles. The number of halogens is 3. The summed E-state index contributed by atoms with van der Waals surface area (Å²) in [6.45, 7) is 2.05. The first kappa shape index (κ1) is 29.2. The number of hydrogen-bond donors (Lipinski definition) is 1. The second kappa shape index (κ2) is 12.5. The summed E-state index contributed by atoms with van der Waals surface area (Å²) in [6, 6.07) is 10.2. The highest BCUT2D eigenvalue weighted by Gasteiger charge is 2.32. The monoisotopic (exact) mass is 545 g/mol. The Morgan fingerprint density at radius 2 is 1.69 bits per heavy atom. The molecule has 0 spiro atoms. The van der Waals surface area contributed by atoms with E-state index in [1.54, 1.807) is 27.4 Å². The summed E-state index contributed by atoms with van der Waals surface area (Å²) < 4.78 is 62.7. The highest BCUT2D eigenvalue weighted by molar-refractivity contribution is 6.04. The molecule has 39 heavy (non-hydrogen) atoms. The Bertz CT molecular complexity index is 1300. The van der Waals surface area contributed by atoms with E-state index in [0.717, 1.165) is 17.7 Å². The van der Waals surface area contributed by atoms with Crippen LogP contribution in [0.25, 0.3) is 6.08 Å². The van der Waals surface area contributed by atoms with Gasteiger partial charge in [0.1, 0.15) is 17.3 Å². The SMILES string of the molecule is COC1=CC(C)(/C=C\c2ccc(OC)c(N/C=C\C(=O)c3ccc(OC(F)(F)F)cc3)c2)CC(OC)=C1OC. The average Bonchev–Trinajstić information content (AvgIpc) is 2.91. The van der Waals surface area contributed by atoms with Gasteiger partial charge in [-0.2, -0.15) is 0 Å². The van der Waals surface area contributed by atoms with Gasteiger partial charge in [0.15, 0.2) is 17.3 Å². The average molecular weight is 546 g/mol. The summed E-state index contributed by atoms with van der Waals surface area (Å²) in [6.07, 6.45) is 4.45. The minimum absolute atomic E-state index is 0.205. The van der Waals surface area contributed by atoms with Gasteiger partial charge in [0.2, 0.25) is 0 Å². The number of ketones is 1. The molecule has 10 heteroatoms. The fraction of sp³-hybridized carbons (Fsp3) is 0.276. The zero-order chi connectivity index (χ0) is 28.6. The third-order valence-electron chi connectivity index (χ3n) is 5.88. The zero-order valence-electron chi connectivity index (χ0n) is 22.2. The van der Waals surface area contributed by atoms with Gasteiger partial charge in [-0.05, 0) is 48.0 Å². The van der Waals surface area contributed by atoms with E-state index in [1.165, 1.54) is 31.5 Å². The van der Waals surface area contributed by atoms with Gasteiger partial charge in [-0.15, -0.1) is 13.2 Å². The molecule has 7 nitrogen and oxygen atoms in total. The second-order valence-corrected chi connectivity index (χ2v) is 8.76. The Morgan fingerprint density at radius 1 is 0.974 bits per heavy atom. The molecule has 0 amide bonds. The molecule has 1 unspecified atom stereocenters. The van der Waals surface area contributed by atoms with Crippen LogP contribution in [-0.2, 0) is 14.2 Å². The predicted octanol–water partition coefficient (Wildman–Crippen LogP) is 6.86. The minimum atomic E-state index is -4.80. The summed E-state index contributed by atoms with van der Waals surface area (Å²) >= 11 is 0. The van der Waals surface area contributed by atoms with Crippen LogP contribution < -0.4 is 14.8 Å². The highest BCUT2D eigenvalue weighted by atomic mass is 19.4. The number of ether oxygens (including phenoxy) is 5. The number of allylic oxidation sites excluding steroid dienone is 4. The van der Waals surface area contributed by atoms with E-state index in [9.17, 15) is 18.0 Å². The molecule has 3 rings (SSSR count). The van der Waals surface area contributed by atoms with Gasteiger partial charge in [-0.25, -0.2) is 0 Å². The first-order chi connectivity index (χ1) is 18.5. The quantitative estimate of drug-likeness (QED) is 0.244. The molecule has 208 valence electrons. The number of alkyl halides is 3. The number of anilines is 1. The van der Waals surface area contributed by atoms with Crippen molar-refractivity contribution in [1.82, 2.24) is 0 Å². The van der Waals surface area contributed by atoms with E-state index in [4.69, 9.17) is 18.9 Å². The normalized spacial score (nSPS) is 17.7. The molecule has 2 aromatic rings. The molecule has 1 atom stereocenters. The van der Waals surface area contributed by atoms with Crippen molar-refractivity contribution in [3.63, 3.8) is 0 Å². The maximum absolute atomic E-state index is 12.4. The number of carbonyl (C=O) groups excluding carboxylic acids is 1. The molecule has 0 saturated heterocycles. The van der Waals surface area contributed by atoms with Gasteiger partial charge in [0, 0.05) is 29.7 Å². The van der Waals surface area contributed by atoms with Crippen molar-refractivity contribution in [3.8, 4) is 11.5 Å². The fourth-order valence-electron chi connectivity index (χ4n) is 3.97. The fourth-order valence-corrected chi connectivity index (χ4v) is 3.97. The van der Waals surface area contributed by atoms with Gasteiger partial charge >= 0.3 is 6.36 Å². The molecule has 0 radical (unpaired) electrons. The van der Waals surface area contributed by atoms with Crippen molar-refractivity contribution < 1.29 is 41.7 Å². The van der Waals surface area contributed by atoms with Crippen molar-refractivity contribution in [2.45, 2.75) is 19.7 Å². The summed E-state index contributed by atoms with van der Waals surface area (Å²) in [5, 5.41) is 3.03. The van der Waals surface area contributed by atoms with Crippen LogP contribution in [0.4, 0.5) is 18.9 Å². The lowest BCUT2D eigenvalue weighted by Gasteiger charge is -2.30. The van der Waals surface area contributed by atoms with E-state index in [-0.39, 0.29) is 5.56 Å². The topological polar surface area (TPSA) is 75.3 Å². The lowest BCUT2D eigenvalue weighted by atomic mass is 9.81. The van der Waals surface area contributed by atoms with Crippen LogP contribution in [0, 0.1) is 5.41 Å². The Kier molecular flexibility index (Phi) is 9.34. The highest BCUT2D eigenvalue weighted by Crippen LogP contribution is 2.40. The summed E-state index contributed by atoms with van der Waals surface area (Å²) in [5.74, 6) is 1.58. The number of nitrogens with one attached hydrogen (secondary N) is 1. The third kappa shape index (κ3) is 7.83. The van der Waals surface area contributed by atoms with Gasteiger partial charge in [-0.3, -0.25) is 4.79 Å². The molecule has 0 fully saturated rings. The summed E-state index contributed by atoms with van der Waals surface area (Å²) in [4.78, 5) is 12.4. The largest absolute Gasteiger partial charge is 0.573 e. The van der Waals surface area contributed by atoms with Crippen LogP contribution in [0.1, 0.15) is 29.3 Å². The Hall–Kier alpha value is -4.34. The van der Waals surface area contributed by atoms with Crippen LogP contribution in [0.15, 0.2) is 84.2 Å². The van der Waals surface area contributed by atoms with Gasteiger partial charge < -0.3 is 29.0 Å². The molecule has 0 aromatic heterocycles. The van der Waals surface area contributed by atoms with Crippen LogP contribution in [0.5, 0.6) is 11.5 Å². The molecule has 0 heterocycles. The lowest BCUT2D eigenvalue weighted by Crippen LogP contribution is -2.20. The van der Waals surface area contributed by atoms with Crippen LogP contribution in [-0.4, -0.2) is 40.6 Å². The first-order valence-corrected chi connectivity index (χ1v) is 11.8. The number of rotatable bonds is 11. The number of benzene rings is 2. The van der Waals surface area contributed by atoms with Gasteiger partial charge in [-0.1, -0.05) is 25.1 Å². The molecule has 0 bridgehead atoms. The van der Waals surface area contributed by atoms with Crippen LogP contribution in [0.3, 0.4) is 0 Å². The molecule has 1 aliphatic rings. The second-order valence-electron chi connectivity index (χ2n) is 8.76. The number of hydrogen-bond acceptors (Lipinski definition) is 7. The maximum atomic E-state index is 12.4. The standard InChI is InChI=1S/C29H30F3NO6/c1-28(17-25(36-3)27(38-5)26(18-28)37-4)14-12-19-6-11-24(35-2)22(16-19)33-15-13-23(34)20-7-9-21(10-8-20)39-29(30,31)32/h6-17,33H,18H2,1-5H3/b14-12-,15-13-. The third-order valence-corrected chi connectivity index (χ3v) is 5.88. The molecule has 0 saturated carbocycles. The van der Waals surface area contributed by atoms with Crippen LogP contribution in [0.2, 0.25) is 0 Å². The number of carbonyl (C=O) groups is 1. The van der Waals surface area contributed by atoms with Crippen molar-refractivity contribution in [2.24, 2.45) is 5.41 Å².